The van der Waals surface area contributed by atoms with Gasteiger partial charge in [-0.1, -0.05) is 5.21 Å². The summed E-state index contributed by atoms with van der Waals surface area (Å²) in [6, 6.07) is 1.72. The van der Waals surface area contributed by atoms with Gasteiger partial charge in [0.2, 0.25) is 5.91 Å². The van der Waals surface area contributed by atoms with Crippen molar-refractivity contribution in [3.05, 3.63) is 53.7 Å². The van der Waals surface area contributed by atoms with Gasteiger partial charge in [-0.2, -0.15) is 5.10 Å². The van der Waals surface area contributed by atoms with E-state index >= 15 is 0 Å². The van der Waals surface area contributed by atoms with Gasteiger partial charge in [-0.05, 0) is 37.0 Å². The highest BCUT2D eigenvalue weighted by Gasteiger charge is 2.49. The highest BCUT2D eigenvalue weighted by atomic mass is 32.2. The van der Waals surface area contributed by atoms with E-state index in [0.717, 1.165) is 41.4 Å². The number of thioether (sulfide) groups is 1. The highest BCUT2D eigenvalue weighted by molar-refractivity contribution is 8.01. The van der Waals surface area contributed by atoms with Crippen LogP contribution in [0.4, 0.5) is 13.2 Å². The molecule has 42 heavy (non-hydrogen) atoms. The van der Waals surface area contributed by atoms with Gasteiger partial charge in [0.05, 0.1) is 18.5 Å². The fourth-order valence-electron chi connectivity index (χ4n) is 4.90. The molecule has 3 heterocycles. The lowest BCUT2D eigenvalue weighted by atomic mass is 9.97. The highest BCUT2D eigenvalue weighted by Crippen LogP contribution is 2.40. The number of aryl methyl sites for hydroxylation is 1. The molecule has 1 saturated heterocycles. The van der Waals surface area contributed by atoms with E-state index in [1.807, 2.05) is 0 Å². The predicted octanol–water partition coefficient (Wildman–Crippen LogP) is 0.780. The number of ether oxygens (including phenoxy) is 1. The summed E-state index contributed by atoms with van der Waals surface area (Å²) in [4.78, 5) is 15.1. The Labute approximate surface area is 242 Å². The zero-order valence-electron chi connectivity index (χ0n) is 22.7. The van der Waals surface area contributed by atoms with Crippen LogP contribution < -0.4 is 0 Å². The maximum Gasteiger partial charge on any atom is 0.238 e. The first-order valence-corrected chi connectivity index (χ1v) is 14.2. The molecule has 0 spiro atoms. The van der Waals surface area contributed by atoms with E-state index in [1.165, 1.54) is 15.8 Å². The minimum absolute atomic E-state index is 0.0798. The molecule has 1 aliphatic carbocycles. The van der Waals surface area contributed by atoms with E-state index in [0.29, 0.717) is 12.5 Å². The number of hydrogen-bond donors (Lipinski definition) is 4. The third-order valence-electron chi connectivity index (χ3n) is 7.40. The molecule has 228 valence electrons. The Hall–Kier alpha value is -3.02. The second-order valence-electron chi connectivity index (χ2n) is 10.6. The van der Waals surface area contributed by atoms with Crippen LogP contribution >= 0.6 is 11.8 Å². The quantitative estimate of drug-likeness (QED) is 0.241. The molecule has 7 atom stereocenters. The van der Waals surface area contributed by atoms with Crippen molar-refractivity contribution in [1.82, 2.24) is 29.7 Å². The first kappa shape index (κ1) is 30.4. The number of aliphatic hydroxyl groups is 4. The molecule has 2 fully saturated rings. The molecular formula is C26H31F3N6O6S. The monoisotopic (exact) mass is 612 g/mol. The summed E-state index contributed by atoms with van der Waals surface area (Å²) in [5.74, 6) is -4.57. The molecule has 1 saturated carbocycles. The number of carbonyl (C=O) groups excluding carboxylic acids is 1. The lowest BCUT2D eigenvalue weighted by Gasteiger charge is -2.43. The first-order chi connectivity index (χ1) is 20.0. The smallest absolute Gasteiger partial charge is 0.238 e. The van der Waals surface area contributed by atoms with E-state index in [9.17, 15) is 38.4 Å². The normalized spacial score (nSPS) is 25.8. The first-order valence-electron chi connectivity index (χ1n) is 13.3. The lowest BCUT2D eigenvalue weighted by molar-refractivity contribution is -0.178. The van der Waals surface area contributed by atoms with Crippen molar-refractivity contribution in [2.75, 3.05) is 20.2 Å². The summed E-state index contributed by atoms with van der Waals surface area (Å²) in [6.07, 6.45) is -0.917. The Morgan fingerprint density at radius 1 is 1.21 bits per heavy atom. The van der Waals surface area contributed by atoms with Crippen molar-refractivity contribution < 1.29 is 43.1 Å². The van der Waals surface area contributed by atoms with E-state index in [2.05, 4.69) is 15.4 Å². The largest absolute Gasteiger partial charge is 0.394 e. The molecule has 0 unspecified atom stereocenters. The van der Waals surface area contributed by atoms with Crippen molar-refractivity contribution in [3.63, 3.8) is 0 Å². The Morgan fingerprint density at radius 3 is 2.50 bits per heavy atom. The van der Waals surface area contributed by atoms with Crippen molar-refractivity contribution >= 4 is 17.7 Å². The number of aliphatic hydroxyl groups excluding tert-OH is 4. The van der Waals surface area contributed by atoms with Crippen LogP contribution in [-0.4, -0.2) is 105 Å². The molecule has 1 aromatic carbocycles. The standard InChI is InChI=1S/C26H31F3N6O6S/c1-33(9-12-3-4-12)25(40)24(21(37)16-5-6-34(2)31-16)42-26-23(39)20(22(38)18(11-36)41-26)35-10-17(30-32-35)13-7-14(27)19(29)15(28)8-13/h5-8,10,12,18,20-24,26,36-39H,3-4,9,11H2,1-2H3/t18-,20+,21+,22+,23-,24+,26+/m1/s1. The van der Waals surface area contributed by atoms with Gasteiger partial charge in [0.1, 0.15) is 46.8 Å². The van der Waals surface area contributed by atoms with Gasteiger partial charge in [-0.25, -0.2) is 17.9 Å². The summed E-state index contributed by atoms with van der Waals surface area (Å²) in [5, 5.41) is 54.3. The molecule has 12 nitrogen and oxygen atoms in total. The second-order valence-corrected chi connectivity index (χ2v) is 11.9. The molecule has 5 rings (SSSR count). The molecule has 1 aliphatic heterocycles. The SMILES string of the molecule is CN(CC1CC1)C(=O)[C@@H](S[C@@H]1O[C@H](CO)[C@H](O)[C@H](n2cc(-c3cc(F)c(F)c(F)c3)nn2)[C@H]1O)[C@@H](O)c1ccn(C)n1. The fraction of sp³-hybridized carbons (Fsp3) is 0.538. The van der Waals surface area contributed by atoms with Crippen molar-refractivity contribution in [2.45, 2.75) is 54.0 Å². The van der Waals surface area contributed by atoms with Gasteiger partial charge in [0.15, 0.2) is 17.5 Å². The van der Waals surface area contributed by atoms with Crippen LogP contribution in [0.3, 0.4) is 0 Å². The van der Waals surface area contributed by atoms with E-state index in [1.54, 1.807) is 26.4 Å². The van der Waals surface area contributed by atoms with Crippen molar-refractivity contribution in [1.29, 1.82) is 0 Å². The number of aromatic nitrogens is 5. The summed E-state index contributed by atoms with van der Waals surface area (Å²) in [7, 11) is 3.28. The van der Waals surface area contributed by atoms with Gasteiger partial charge in [-0.3, -0.25) is 9.48 Å². The Balaban J connectivity index is 1.43. The van der Waals surface area contributed by atoms with Gasteiger partial charge in [0, 0.05) is 32.4 Å². The molecular weight excluding hydrogens is 581 g/mol. The Bertz CT molecular complexity index is 1400. The summed E-state index contributed by atoms with van der Waals surface area (Å²) in [6.45, 7) is -0.174. The molecule has 2 aromatic heterocycles. The van der Waals surface area contributed by atoms with Crippen molar-refractivity contribution in [2.24, 2.45) is 13.0 Å². The molecule has 4 N–H and O–H groups in total. The van der Waals surface area contributed by atoms with Gasteiger partial charge < -0.3 is 30.1 Å². The van der Waals surface area contributed by atoms with Crippen molar-refractivity contribution in [3.8, 4) is 11.3 Å². The van der Waals surface area contributed by atoms with Crippen LogP contribution in [0, 0.1) is 23.4 Å². The average Bonchev–Trinajstić information content (AvgIpc) is 3.45. The van der Waals surface area contributed by atoms with Crippen LogP contribution in [0.1, 0.15) is 30.7 Å². The molecule has 0 radical (unpaired) electrons. The van der Waals surface area contributed by atoms with Gasteiger partial charge >= 0.3 is 0 Å². The van der Waals surface area contributed by atoms with Crippen LogP contribution in [0.15, 0.2) is 30.6 Å². The second kappa shape index (κ2) is 12.3. The topological polar surface area (TPSA) is 159 Å². The number of halogens is 3. The van der Waals surface area contributed by atoms with Crippen LogP contribution in [-0.2, 0) is 16.6 Å². The van der Waals surface area contributed by atoms with E-state index < -0.39 is 71.1 Å². The summed E-state index contributed by atoms with van der Waals surface area (Å²) in [5.41, 5.74) is -1.25. The van der Waals surface area contributed by atoms with E-state index in [-0.39, 0.29) is 17.0 Å². The average molecular weight is 613 g/mol. The number of rotatable bonds is 10. The van der Waals surface area contributed by atoms with Gasteiger partial charge in [0.25, 0.3) is 0 Å². The number of benzene rings is 1. The van der Waals surface area contributed by atoms with Crippen LogP contribution in [0.25, 0.3) is 11.3 Å². The zero-order chi connectivity index (χ0) is 30.3. The predicted molar refractivity (Wildman–Crippen MR) is 142 cm³/mol. The Morgan fingerprint density at radius 2 is 1.90 bits per heavy atom. The lowest BCUT2D eigenvalue weighted by Crippen LogP contribution is -2.56. The molecule has 0 bridgehead atoms. The molecule has 3 aromatic rings. The maximum absolute atomic E-state index is 13.8. The number of nitrogens with zero attached hydrogens (tertiary/aromatic N) is 6. The van der Waals surface area contributed by atoms with Gasteiger partial charge in [-0.15, -0.1) is 16.9 Å². The molecule has 1 amide bonds. The molecule has 2 aliphatic rings. The number of hydrogen-bond acceptors (Lipinski definition) is 10. The number of carbonyl (C=O) groups is 1. The summed E-state index contributed by atoms with van der Waals surface area (Å²) < 4.78 is 49.4. The summed E-state index contributed by atoms with van der Waals surface area (Å²) >= 11 is 0.811. The number of amides is 1. The fourth-order valence-corrected chi connectivity index (χ4v) is 6.31. The Kier molecular flexibility index (Phi) is 8.91. The van der Waals surface area contributed by atoms with Crippen LogP contribution in [0.2, 0.25) is 0 Å². The maximum atomic E-state index is 13.8. The minimum Gasteiger partial charge on any atom is -0.394 e. The minimum atomic E-state index is -1.65. The van der Waals surface area contributed by atoms with E-state index in [4.69, 9.17) is 4.74 Å². The zero-order valence-corrected chi connectivity index (χ0v) is 23.5. The van der Waals surface area contributed by atoms with Crippen LogP contribution in [0.5, 0.6) is 0 Å². The third kappa shape index (κ3) is 6.18. The molecule has 16 heteroatoms. The third-order valence-corrected chi connectivity index (χ3v) is 8.81.